The van der Waals surface area contributed by atoms with E-state index >= 15 is 0 Å². The molecule has 0 spiro atoms. The molecule has 0 aromatic heterocycles. The Morgan fingerprint density at radius 1 is 0.889 bits per heavy atom. The van der Waals surface area contributed by atoms with Crippen molar-refractivity contribution in [3.05, 3.63) is 54.1 Å². The van der Waals surface area contributed by atoms with E-state index in [1.807, 2.05) is 0 Å². The van der Waals surface area contributed by atoms with Crippen molar-refractivity contribution in [2.75, 3.05) is 0 Å². The van der Waals surface area contributed by atoms with Crippen molar-refractivity contribution < 1.29 is 9.47 Å². The fourth-order valence-corrected chi connectivity index (χ4v) is 3.71. The van der Waals surface area contributed by atoms with Crippen LogP contribution in [0.5, 0.6) is 11.5 Å². The molecule has 0 aliphatic rings. The van der Waals surface area contributed by atoms with Gasteiger partial charge in [0.1, 0.15) is 0 Å². The fourth-order valence-electron chi connectivity index (χ4n) is 2.97. The highest BCUT2D eigenvalue weighted by atomic mass is 28.3. The van der Waals surface area contributed by atoms with Crippen LogP contribution in [0.25, 0.3) is 16.3 Å². The highest BCUT2D eigenvalue weighted by Crippen LogP contribution is 2.42. The molecule has 145 valence electrons. The van der Waals surface area contributed by atoms with Crippen LogP contribution >= 0.6 is 0 Å². The van der Waals surface area contributed by atoms with E-state index in [0.717, 1.165) is 29.0 Å². The number of rotatable bonds is 8. The van der Waals surface area contributed by atoms with E-state index in [1.165, 1.54) is 16.3 Å². The Hall–Kier alpha value is -2.00. The summed E-state index contributed by atoms with van der Waals surface area (Å²) in [5, 5.41) is 1.26. The van der Waals surface area contributed by atoms with Crippen molar-refractivity contribution in [2.24, 2.45) is 0 Å². The van der Waals surface area contributed by atoms with Gasteiger partial charge in [-0.1, -0.05) is 68.2 Å². The third kappa shape index (κ3) is 5.26. The zero-order chi connectivity index (χ0) is 20.1. The second-order valence-electron chi connectivity index (χ2n) is 7.67. The van der Waals surface area contributed by atoms with E-state index in [1.54, 1.807) is 0 Å². The number of aryl methyl sites for hydroxylation is 1. The summed E-state index contributed by atoms with van der Waals surface area (Å²) in [6, 6.07) is 13.0. The van der Waals surface area contributed by atoms with Gasteiger partial charge in [0.05, 0.1) is 21.0 Å². The summed E-state index contributed by atoms with van der Waals surface area (Å²) >= 11 is 0. The minimum Gasteiger partial charge on any atom is -0.487 e. The molecule has 0 heterocycles. The molecule has 0 aliphatic carbocycles. The molecule has 2 nitrogen and oxygen atoms in total. The molecular formula is C24H33O2Si. The summed E-state index contributed by atoms with van der Waals surface area (Å²) in [6.45, 7) is 19.2. The van der Waals surface area contributed by atoms with Crippen molar-refractivity contribution in [3.8, 4) is 22.6 Å². The quantitative estimate of drug-likeness (QED) is 0.468. The lowest BCUT2D eigenvalue weighted by Gasteiger charge is -2.23. The SMILES string of the molecule is C=C(c1ccc(-c2ccc(CC)c(OC(C)C)c2OC(C)C)cc1)[Si](C)C. The third-order valence-electron chi connectivity index (χ3n) is 4.43. The van der Waals surface area contributed by atoms with Crippen LogP contribution in [0.4, 0.5) is 0 Å². The number of benzene rings is 2. The lowest BCUT2D eigenvalue weighted by molar-refractivity contribution is 0.198. The molecule has 0 N–H and O–H groups in total. The van der Waals surface area contributed by atoms with Crippen molar-refractivity contribution >= 4 is 14.0 Å². The molecule has 0 bridgehead atoms. The second kappa shape index (κ2) is 9.27. The molecule has 0 fully saturated rings. The van der Waals surface area contributed by atoms with Gasteiger partial charge in [-0.05, 0) is 50.8 Å². The van der Waals surface area contributed by atoms with Gasteiger partial charge in [0.25, 0.3) is 0 Å². The van der Waals surface area contributed by atoms with E-state index < -0.39 is 8.80 Å². The minimum absolute atomic E-state index is 0.0785. The molecule has 3 heteroatoms. The predicted molar refractivity (Wildman–Crippen MR) is 119 cm³/mol. The number of ether oxygens (including phenoxy) is 2. The first-order valence-corrected chi connectivity index (χ1v) is 12.3. The van der Waals surface area contributed by atoms with Gasteiger partial charge < -0.3 is 9.47 Å². The van der Waals surface area contributed by atoms with Gasteiger partial charge in [-0.15, -0.1) is 0 Å². The molecule has 0 saturated carbocycles. The van der Waals surface area contributed by atoms with Crippen molar-refractivity contribution in [2.45, 2.75) is 66.3 Å². The summed E-state index contributed by atoms with van der Waals surface area (Å²) in [5.41, 5.74) is 4.62. The van der Waals surface area contributed by atoms with Crippen molar-refractivity contribution in [1.82, 2.24) is 0 Å². The maximum Gasteiger partial charge on any atom is 0.169 e. The maximum absolute atomic E-state index is 6.25. The molecule has 2 aromatic carbocycles. The van der Waals surface area contributed by atoms with Gasteiger partial charge >= 0.3 is 0 Å². The van der Waals surface area contributed by atoms with Crippen LogP contribution < -0.4 is 9.47 Å². The number of hydrogen-bond acceptors (Lipinski definition) is 2. The smallest absolute Gasteiger partial charge is 0.169 e. The zero-order valence-corrected chi connectivity index (χ0v) is 18.8. The lowest BCUT2D eigenvalue weighted by atomic mass is 9.99. The monoisotopic (exact) mass is 381 g/mol. The molecule has 0 aliphatic heterocycles. The lowest BCUT2D eigenvalue weighted by Crippen LogP contribution is -2.13. The highest BCUT2D eigenvalue weighted by Gasteiger charge is 2.19. The first-order chi connectivity index (χ1) is 12.7. The van der Waals surface area contributed by atoms with E-state index in [4.69, 9.17) is 9.47 Å². The Morgan fingerprint density at radius 3 is 1.93 bits per heavy atom. The van der Waals surface area contributed by atoms with E-state index in [-0.39, 0.29) is 12.2 Å². The maximum atomic E-state index is 6.25. The molecule has 27 heavy (non-hydrogen) atoms. The summed E-state index contributed by atoms with van der Waals surface area (Å²) in [7, 11) is -0.533. The molecule has 0 saturated heterocycles. The van der Waals surface area contributed by atoms with Crippen LogP contribution in [0.15, 0.2) is 43.0 Å². The van der Waals surface area contributed by atoms with Crippen LogP contribution in [0.1, 0.15) is 45.7 Å². The Bertz CT molecular complexity index is 774. The van der Waals surface area contributed by atoms with E-state index in [9.17, 15) is 0 Å². The number of hydrogen-bond donors (Lipinski definition) is 0. The molecule has 2 aromatic rings. The average molecular weight is 382 g/mol. The standard InChI is InChI=1S/C24H33O2Si/c1-9-19-14-15-22(24(26-17(4)5)23(19)25-16(2)3)21-12-10-20(11-13-21)18(6)27(7)8/h10-17H,6,9H2,1-5,7-8H3. The van der Waals surface area contributed by atoms with Crippen LogP contribution in [-0.4, -0.2) is 21.0 Å². The summed E-state index contributed by atoms with van der Waals surface area (Å²) in [6.07, 6.45) is 1.09. The van der Waals surface area contributed by atoms with Gasteiger partial charge in [-0.3, -0.25) is 0 Å². The molecule has 0 atom stereocenters. The van der Waals surface area contributed by atoms with Gasteiger partial charge in [0.2, 0.25) is 0 Å². The van der Waals surface area contributed by atoms with Crippen LogP contribution in [-0.2, 0) is 6.42 Å². The second-order valence-corrected chi connectivity index (χ2v) is 10.3. The van der Waals surface area contributed by atoms with Crippen LogP contribution in [0.2, 0.25) is 13.1 Å². The largest absolute Gasteiger partial charge is 0.487 e. The fraction of sp³-hybridized carbons (Fsp3) is 0.417. The highest BCUT2D eigenvalue weighted by molar-refractivity contribution is 6.76. The normalized spacial score (nSPS) is 11.3. The average Bonchev–Trinajstić information content (AvgIpc) is 2.61. The Balaban J connectivity index is 2.56. The van der Waals surface area contributed by atoms with Gasteiger partial charge in [-0.2, -0.15) is 0 Å². The molecular weight excluding hydrogens is 348 g/mol. The summed E-state index contributed by atoms with van der Waals surface area (Å²) in [5.74, 6) is 1.72. The Labute approximate surface area is 166 Å². The van der Waals surface area contributed by atoms with Gasteiger partial charge in [0, 0.05) is 5.56 Å². The first kappa shape index (κ1) is 21.3. The van der Waals surface area contributed by atoms with Crippen molar-refractivity contribution in [1.29, 1.82) is 0 Å². The molecule has 0 amide bonds. The first-order valence-electron chi connectivity index (χ1n) is 9.84. The molecule has 0 unspecified atom stereocenters. The zero-order valence-electron chi connectivity index (χ0n) is 17.8. The van der Waals surface area contributed by atoms with Crippen LogP contribution in [0, 0.1) is 0 Å². The topological polar surface area (TPSA) is 18.5 Å². The molecule has 2 rings (SSSR count). The summed E-state index contributed by atoms with van der Waals surface area (Å²) in [4.78, 5) is 0. The predicted octanol–water partition coefficient (Wildman–Crippen LogP) is 6.80. The molecule has 1 radical (unpaired) electrons. The van der Waals surface area contributed by atoms with Gasteiger partial charge in [0.15, 0.2) is 11.5 Å². The Morgan fingerprint density at radius 2 is 1.44 bits per heavy atom. The summed E-state index contributed by atoms with van der Waals surface area (Å²) < 4.78 is 12.4. The Kier molecular flexibility index (Phi) is 7.31. The van der Waals surface area contributed by atoms with Crippen LogP contribution in [0.3, 0.4) is 0 Å². The minimum atomic E-state index is -0.533. The van der Waals surface area contributed by atoms with E-state index in [0.29, 0.717) is 0 Å². The van der Waals surface area contributed by atoms with Gasteiger partial charge in [-0.25, -0.2) is 0 Å². The third-order valence-corrected chi connectivity index (χ3v) is 5.93. The van der Waals surface area contributed by atoms with E-state index in [2.05, 4.69) is 90.7 Å². The van der Waals surface area contributed by atoms with Crippen molar-refractivity contribution in [3.63, 3.8) is 0 Å².